The first-order valence-electron chi connectivity index (χ1n) is 10.0. The van der Waals surface area contributed by atoms with Crippen LogP contribution in [0.25, 0.3) is 11.7 Å². The van der Waals surface area contributed by atoms with Gasteiger partial charge in [0.2, 0.25) is 0 Å². The first-order valence-corrected chi connectivity index (χ1v) is 11.2. The van der Waals surface area contributed by atoms with Gasteiger partial charge in [0, 0.05) is 26.4 Å². The summed E-state index contributed by atoms with van der Waals surface area (Å²) in [5.74, 6) is 0.403. The predicted octanol–water partition coefficient (Wildman–Crippen LogP) is 3.17. The number of hydrogen-bond donors (Lipinski definition) is 0. The number of anilines is 1. The predicted molar refractivity (Wildman–Crippen MR) is 126 cm³/mol. The number of aromatic nitrogens is 2. The summed E-state index contributed by atoms with van der Waals surface area (Å²) in [5, 5.41) is 0. The highest BCUT2D eigenvalue weighted by Gasteiger charge is 2.32. The molecule has 160 valence electrons. The second-order valence-corrected chi connectivity index (χ2v) is 8.57. The van der Waals surface area contributed by atoms with E-state index in [0.717, 1.165) is 25.9 Å². The molecule has 1 aliphatic heterocycles. The minimum atomic E-state index is -0.205. The van der Waals surface area contributed by atoms with E-state index in [-0.39, 0.29) is 11.5 Å². The average Bonchev–Trinajstić information content (AvgIpc) is 3.01. The Morgan fingerprint density at radius 3 is 2.63 bits per heavy atom. The molecule has 7 nitrogen and oxygen atoms in total. The van der Waals surface area contributed by atoms with E-state index in [2.05, 4.69) is 18.7 Å². The third kappa shape index (κ3) is 4.58. The van der Waals surface area contributed by atoms with Crippen molar-refractivity contribution in [1.82, 2.24) is 14.3 Å². The Hall–Kier alpha value is -2.23. The molecular formula is C21H26N4O3S2. The Bertz CT molecular complexity index is 1030. The van der Waals surface area contributed by atoms with Crippen molar-refractivity contribution in [3.05, 3.63) is 45.2 Å². The number of hydrogen-bond acceptors (Lipinski definition) is 7. The molecule has 9 heteroatoms. The van der Waals surface area contributed by atoms with E-state index < -0.39 is 0 Å². The van der Waals surface area contributed by atoms with Crippen molar-refractivity contribution in [3.8, 4) is 0 Å². The van der Waals surface area contributed by atoms with Crippen molar-refractivity contribution in [1.29, 1.82) is 0 Å². The third-order valence-electron chi connectivity index (χ3n) is 4.70. The largest absolute Gasteiger partial charge is 0.383 e. The van der Waals surface area contributed by atoms with Crippen molar-refractivity contribution < 1.29 is 9.53 Å². The van der Waals surface area contributed by atoms with Crippen molar-refractivity contribution >= 4 is 51.7 Å². The van der Waals surface area contributed by atoms with E-state index in [9.17, 15) is 9.59 Å². The zero-order valence-electron chi connectivity index (χ0n) is 17.5. The van der Waals surface area contributed by atoms with Crippen LogP contribution in [0.2, 0.25) is 0 Å². The van der Waals surface area contributed by atoms with Crippen molar-refractivity contribution in [3.63, 3.8) is 0 Å². The van der Waals surface area contributed by atoms with Gasteiger partial charge in [0.25, 0.3) is 11.5 Å². The molecule has 0 N–H and O–H groups in total. The maximum atomic E-state index is 13.4. The molecule has 3 rings (SSSR count). The topological polar surface area (TPSA) is 67.2 Å². The molecule has 2 aromatic heterocycles. The Morgan fingerprint density at radius 1 is 1.23 bits per heavy atom. The number of pyridine rings is 1. The van der Waals surface area contributed by atoms with Gasteiger partial charge in [0.15, 0.2) is 0 Å². The number of ether oxygens (including phenoxy) is 1. The fourth-order valence-corrected chi connectivity index (χ4v) is 4.62. The summed E-state index contributed by atoms with van der Waals surface area (Å²) in [6.07, 6.45) is 5.19. The molecule has 0 unspecified atom stereocenters. The van der Waals surface area contributed by atoms with Crippen LogP contribution in [0.15, 0.2) is 34.1 Å². The van der Waals surface area contributed by atoms with E-state index in [0.29, 0.717) is 39.4 Å². The summed E-state index contributed by atoms with van der Waals surface area (Å²) < 4.78 is 7.05. The number of fused-ring (bicyclic) bond motifs is 1. The molecule has 0 aliphatic carbocycles. The summed E-state index contributed by atoms with van der Waals surface area (Å²) in [7, 11) is 1.58. The van der Waals surface area contributed by atoms with Gasteiger partial charge in [-0.05, 0) is 31.1 Å². The minimum absolute atomic E-state index is 0.199. The highest BCUT2D eigenvalue weighted by Crippen LogP contribution is 2.33. The lowest BCUT2D eigenvalue weighted by Gasteiger charge is -2.24. The fourth-order valence-electron chi connectivity index (χ4n) is 3.33. The molecule has 0 saturated carbocycles. The number of rotatable bonds is 9. The van der Waals surface area contributed by atoms with Crippen LogP contribution >= 0.6 is 24.0 Å². The SMILES string of the molecule is CCCN(CCC)c1nc2ccccn2c(=O)c1C=C1SC(=S)N(CCOC)C1=O. The Morgan fingerprint density at radius 2 is 1.97 bits per heavy atom. The lowest BCUT2D eigenvalue weighted by molar-refractivity contribution is -0.122. The van der Waals surface area contributed by atoms with Gasteiger partial charge in [-0.2, -0.15) is 0 Å². The van der Waals surface area contributed by atoms with Gasteiger partial charge in [-0.15, -0.1) is 0 Å². The van der Waals surface area contributed by atoms with E-state index >= 15 is 0 Å². The fraction of sp³-hybridized carbons (Fsp3) is 0.429. The lowest BCUT2D eigenvalue weighted by atomic mass is 10.2. The van der Waals surface area contributed by atoms with Gasteiger partial charge in [-0.25, -0.2) is 4.98 Å². The Balaban J connectivity index is 2.14. The molecule has 0 radical (unpaired) electrons. The average molecular weight is 447 g/mol. The van der Waals surface area contributed by atoms with Gasteiger partial charge >= 0.3 is 0 Å². The van der Waals surface area contributed by atoms with Gasteiger partial charge in [-0.3, -0.25) is 18.9 Å². The van der Waals surface area contributed by atoms with Crippen molar-refractivity contribution in [2.75, 3.05) is 38.3 Å². The summed E-state index contributed by atoms with van der Waals surface area (Å²) in [6.45, 7) is 6.52. The Kier molecular flexibility index (Phi) is 7.63. The van der Waals surface area contributed by atoms with Crippen LogP contribution in [-0.2, 0) is 9.53 Å². The van der Waals surface area contributed by atoms with Gasteiger partial charge < -0.3 is 9.64 Å². The molecule has 0 aromatic carbocycles. The second kappa shape index (κ2) is 10.2. The summed E-state index contributed by atoms with van der Waals surface area (Å²) in [6, 6.07) is 5.46. The van der Waals surface area contributed by atoms with Crippen LogP contribution in [0.5, 0.6) is 0 Å². The molecule has 2 aromatic rings. The molecule has 3 heterocycles. The highest BCUT2D eigenvalue weighted by atomic mass is 32.2. The summed E-state index contributed by atoms with van der Waals surface area (Å²) in [4.78, 5) is 35.1. The maximum Gasteiger partial charge on any atom is 0.267 e. The van der Waals surface area contributed by atoms with Crippen molar-refractivity contribution in [2.24, 2.45) is 0 Å². The minimum Gasteiger partial charge on any atom is -0.383 e. The first-order chi connectivity index (χ1) is 14.5. The zero-order chi connectivity index (χ0) is 21.7. The number of carbonyl (C=O) groups is 1. The van der Waals surface area contributed by atoms with Crippen LogP contribution in [-0.4, -0.2) is 57.9 Å². The molecule has 30 heavy (non-hydrogen) atoms. The lowest BCUT2D eigenvalue weighted by Crippen LogP contribution is -2.32. The van der Waals surface area contributed by atoms with Crippen molar-refractivity contribution in [2.45, 2.75) is 26.7 Å². The van der Waals surface area contributed by atoms with Gasteiger partial charge in [-0.1, -0.05) is 43.9 Å². The summed E-state index contributed by atoms with van der Waals surface area (Å²) in [5.41, 5.74) is 0.794. The number of methoxy groups -OCH3 is 1. The van der Waals surface area contributed by atoms with E-state index in [1.165, 1.54) is 21.1 Å². The Labute approximate surface area is 185 Å². The normalized spacial score (nSPS) is 15.6. The van der Waals surface area contributed by atoms with Gasteiger partial charge in [0.1, 0.15) is 15.8 Å². The number of nitrogens with zero attached hydrogens (tertiary/aromatic N) is 4. The molecule has 1 fully saturated rings. The van der Waals surface area contributed by atoms with Crippen LogP contribution in [0.1, 0.15) is 32.3 Å². The smallest absolute Gasteiger partial charge is 0.267 e. The van der Waals surface area contributed by atoms with Crippen LogP contribution in [0.3, 0.4) is 0 Å². The molecular weight excluding hydrogens is 420 g/mol. The number of carbonyl (C=O) groups excluding carboxylic acids is 1. The number of thioether (sulfide) groups is 1. The molecule has 1 aliphatic rings. The zero-order valence-corrected chi connectivity index (χ0v) is 19.1. The number of amides is 1. The van der Waals surface area contributed by atoms with Crippen LogP contribution < -0.4 is 10.5 Å². The monoisotopic (exact) mass is 446 g/mol. The highest BCUT2D eigenvalue weighted by molar-refractivity contribution is 8.26. The summed E-state index contributed by atoms with van der Waals surface area (Å²) >= 11 is 6.57. The molecule has 1 amide bonds. The maximum absolute atomic E-state index is 13.4. The standard InChI is InChI=1S/C21H26N4O3S2/c1-4-9-23(10-5-2)18-15(19(26)24-11-7-6-8-17(24)22-18)14-16-20(27)25(12-13-28-3)21(29)30-16/h6-8,11,14H,4-5,9-10,12-13H2,1-3H3. The van der Waals surface area contributed by atoms with Crippen LogP contribution in [0, 0.1) is 0 Å². The molecule has 0 atom stereocenters. The molecule has 1 saturated heterocycles. The first kappa shape index (κ1) is 22.5. The van der Waals surface area contributed by atoms with E-state index in [1.54, 1.807) is 25.4 Å². The quantitative estimate of drug-likeness (QED) is 0.433. The third-order valence-corrected chi connectivity index (χ3v) is 6.08. The number of thiocarbonyl (C=S) groups is 1. The molecule has 0 bridgehead atoms. The second-order valence-electron chi connectivity index (χ2n) is 6.90. The van der Waals surface area contributed by atoms with Gasteiger partial charge in [0.05, 0.1) is 23.6 Å². The molecule has 0 spiro atoms. The van der Waals surface area contributed by atoms with E-state index in [1.807, 2.05) is 12.1 Å². The van der Waals surface area contributed by atoms with E-state index in [4.69, 9.17) is 21.9 Å². The van der Waals surface area contributed by atoms with Crippen LogP contribution in [0.4, 0.5) is 5.82 Å².